The lowest BCUT2D eigenvalue weighted by Gasteiger charge is -2.34. The smallest absolute Gasteiger partial charge is 0.319 e. The Kier molecular flexibility index (Phi) is 6.28. The summed E-state index contributed by atoms with van der Waals surface area (Å²) in [6.07, 6.45) is 2.08. The van der Waals surface area contributed by atoms with Gasteiger partial charge in [-0.25, -0.2) is 4.79 Å². The number of carbonyl (C=O) groups is 3. The molecule has 0 radical (unpaired) electrons. The Morgan fingerprint density at radius 3 is 2.30 bits per heavy atom. The van der Waals surface area contributed by atoms with Crippen molar-refractivity contribution >= 4 is 23.5 Å². The predicted octanol–water partition coefficient (Wildman–Crippen LogP) is 0.864. The van der Waals surface area contributed by atoms with Gasteiger partial charge in [-0.2, -0.15) is 0 Å². The number of nitrogens with one attached hydrogen (secondary N) is 3. The topological polar surface area (TPSA) is 93.8 Å². The van der Waals surface area contributed by atoms with Crippen LogP contribution in [0.4, 0.5) is 10.5 Å². The van der Waals surface area contributed by atoms with Crippen molar-refractivity contribution < 1.29 is 14.4 Å². The van der Waals surface area contributed by atoms with E-state index in [1.807, 2.05) is 6.92 Å². The van der Waals surface area contributed by atoms with Crippen LogP contribution in [0.25, 0.3) is 0 Å². The van der Waals surface area contributed by atoms with Crippen LogP contribution in [0.2, 0.25) is 0 Å². The van der Waals surface area contributed by atoms with Gasteiger partial charge in [0.15, 0.2) is 0 Å². The fraction of sp³-hybridized carbons (Fsp3) is 0.526. The van der Waals surface area contributed by atoms with Gasteiger partial charge < -0.3 is 20.9 Å². The summed E-state index contributed by atoms with van der Waals surface area (Å²) in [5.41, 5.74) is 1.26. The highest BCUT2D eigenvalue weighted by molar-refractivity contribution is 5.95. The third-order valence-electron chi connectivity index (χ3n) is 4.70. The first-order chi connectivity index (χ1) is 13.0. The lowest BCUT2D eigenvalue weighted by atomic mass is 10.1. The zero-order valence-corrected chi connectivity index (χ0v) is 15.7. The Labute approximate surface area is 159 Å². The molecule has 27 heavy (non-hydrogen) atoms. The van der Waals surface area contributed by atoms with Crippen LogP contribution in [0.3, 0.4) is 0 Å². The zero-order chi connectivity index (χ0) is 19.2. The molecule has 1 aliphatic heterocycles. The molecule has 1 aromatic rings. The van der Waals surface area contributed by atoms with Crippen molar-refractivity contribution in [3.8, 4) is 0 Å². The number of piperazine rings is 1. The van der Waals surface area contributed by atoms with Crippen LogP contribution >= 0.6 is 0 Å². The molecule has 8 nitrogen and oxygen atoms in total. The molecule has 3 rings (SSSR count). The van der Waals surface area contributed by atoms with E-state index in [9.17, 15) is 14.4 Å². The third kappa shape index (κ3) is 5.68. The van der Waals surface area contributed by atoms with Crippen molar-refractivity contribution in [1.29, 1.82) is 0 Å². The number of amides is 4. The van der Waals surface area contributed by atoms with Gasteiger partial charge in [-0.1, -0.05) is 0 Å². The molecule has 2 aliphatic rings. The van der Waals surface area contributed by atoms with Gasteiger partial charge in [0.2, 0.25) is 5.91 Å². The summed E-state index contributed by atoms with van der Waals surface area (Å²) >= 11 is 0. The number of urea groups is 1. The molecule has 4 amide bonds. The molecular weight excluding hydrogens is 346 g/mol. The fourth-order valence-corrected chi connectivity index (χ4v) is 3.02. The minimum atomic E-state index is -0.209. The minimum Gasteiger partial charge on any atom is -0.355 e. The van der Waals surface area contributed by atoms with E-state index < -0.39 is 0 Å². The van der Waals surface area contributed by atoms with E-state index in [4.69, 9.17) is 0 Å². The third-order valence-corrected chi connectivity index (χ3v) is 4.70. The second-order valence-electron chi connectivity index (χ2n) is 6.97. The first-order valence-electron chi connectivity index (χ1n) is 9.51. The van der Waals surface area contributed by atoms with Crippen LogP contribution in [0.1, 0.15) is 30.1 Å². The van der Waals surface area contributed by atoms with E-state index in [1.165, 1.54) is 0 Å². The Hall–Kier alpha value is -2.61. The summed E-state index contributed by atoms with van der Waals surface area (Å²) in [4.78, 5) is 39.9. The predicted molar refractivity (Wildman–Crippen MR) is 103 cm³/mol. The van der Waals surface area contributed by atoms with Crippen molar-refractivity contribution in [2.24, 2.45) is 0 Å². The van der Waals surface area contributed by atoms with Crippen molar-refractivity contribution in [3.05, 3.63) is 29.8 Å². The fourth-order valence-electron chi connectivity index (χ4n) is 3.02. The summed E-state index contributed by atoms with van der Waals surface area (Å²) in [7, 11) is 0. The van der Waals surface area contributed by atoms with E-state index in [0.717, 1.165) is 12.8 Å². The number of hydrogen-bond donors (Lipinski definition) is 3. The highest BCUT2D eigenvalue weighted by atomic mass is 16.2. The highest BCUT2D eigenvalue weighted by Gasteiger charge is 2.24. The Balaban J connectivity index is 1.46. The summed E-state index contributed by atoms with van der Waals surface area (Å²) in [5.74, 6) is -0.00673. The number of likely N-dealkylation sites (N-methyl/N-ethyl adjacent to an activating group) is 1. The van der Waals surface area contributed by atoms with E-state index >= 15 is 0 Å². The lowest BCUT2D eigenvalue weighted by Crippen LogP contribution is -2.51. The van der Waals surface area contributed by atoms with Gasteiger partial charge in [-0.05, 0) is 44.0 Å². The number of hydrogen-bond acceptors (Lipinski definition) is 4. The number of rotatable bonds is 6. The minimum absolute atomic E-state index is 0.0195. The van der Waals surface area contributed by atoms with Crippen molar-refractivity contribution in [2.45, 2.75) is 25.8 Å². The molecule has 1 heterocycles. The SMILES string of the molecule is CCNC(=O)CN1CCN(C(=O)c2ccc(NC(=O)NC3CC3)cc2)CC1. The summed E-state index contributed by atoms with van der Waals surface area (Å²) in [6, 6.07) is 7.04. The second kappa shape index (κ2) is 8.85. The monoisotopic (exact) mass is 373 g/mol. The first-order valence-corrected chi connectivity index (χ1v) is 9.51. The van der Waals surface area contributed by atoms with Crippen LogP contribution < -0.4 is 16.0 Å². The van der Waals surface area contributed by atoms with Gasteiger partial charge in [0, 0.05) is 50.0 Å². The molecule has 1 aliphatic carbocycles. The lowest BCUT2D eigenvalue weighted by molar-refractivity contribution is -0.122. The van der Waals surface area contributed by atoms with Gasteiger partial charge in [-0.15, -0.1) is 0 Å². The molecule has 0 aromatic heterocycles. The maximum atomic E-state index is 12.6. The number of nitrogens with zero attached hydrogens (tertiary/aromatic N) is 2. The van der Waals surface area contributed by atoms with Crippen molar-refractivity contribution in [2.75, 3.05) is 44.6 Å². The average Bonchev–Trinajstić information content (AvgIpc) is 3.46. The van der Waals surface area contributed by atoms with Gasteiger partial charge in [-0.3, -0.25) is 14.5 Å². The standard InChI is InChI=1S/C19H27N5O3/c1-2-20-17(25)13-23-9-11-24(12-10-23)18(26)14-3-5-15(6-4-14)21-19(27)22-16-7-8-16/h3-6,16H,2,7-13H2,1H3,(H,20,25)(H2,21,22,27). The molecule has 3 N–H and O–H groups in total. The maximum Gasteiger partial charge on any atom is 0.319 e. The molecule has 0 bridgehead atoms. The second-order valence-corrected chi connectivity index (χ2v) is 6.97. The number of benzene rings is 1. The molecule has 8 heteroatoms. The van der Waals surface area contributed by atoms with E-state index in [1.54, 1.807) is 29.2 Å². The van der Waals surface area contributed by atoms with Gasteiger partial charge in [0.25, 0.3) is 5.91 Å². The van der Waals surface area contributed by atoms with Gasteiger partial charge in [0.05, 0.1) is 6.54 Å². The first kappa shape index (κ1) is 19.2. The molecule has 0 atom stereocenters. The molecule has 2 fully saturated rings. The largest absolute Gasteiger partial charge is 0.355 e. The quantitative estimate of drug-likeness (QED) is 0.690. The zero-order valence-electron chi connectivity index (χ0n) is 15.7. The average molecular weight is 373 g/mol. The van der Waals surface area contributed by atoms with E-state index in [-0.39, 0.29) is 17.8 Å². The Morgan fingerprint density at radius 1 is 1.04 bits per heavy atom. The molecular formula is C19H27N5O3. The van der Waals surface area contributed by atoms with Crippen LogP contribution in [0, 0.1) is 0 Å². The maximum absolute atomic E-state index is 12.6. The Bertz CT molecular complexity index is 679. The van der Waals surface area contributed by atoms with Crippen LogP contribution in [0.5, 0.6) is 0 Å². The Morgan fingerprint density at radius 2 is 1.70 bits per heavy atom. The van der Waals surface area contributed by atoms with E-state index in [0.29, 0.717) is 56.6 Å². The summed E-state index contributed by atoms with van der Waals surface area (Å²) in [5, 5.41) is 8.42. The van der Waals surface area contributed by atoms with Crippen molar-refractivity contribution in [1.82, 2.24) is 20.4 Å². The van der Waals surface area contributed by atoms with E-state index in [2.05, 4.69) is 20.9 Å². The molecule has 1 saturated carbocycles. The molecule has 0 spiro atoms. The van der Waals surface area contributed by atoms with Crippen LogP contribution in [-0.2, 0) is 4.79 Å². The molecule has 1 saturated heterocycles. The summed E-state index contributed by atoms with van der Waals surface area (Å²) in [6.45, 7) is 5.47. The molecule has 146 valence electrons. The van der Waals surface area contributed by atoms with Crippen LogP contribution in [0.15, 0.2) is 24.3 Å². The number of carbonyl (C=O) groups excluding carboxylic acids is 3. The van der Waals surface area contributed by atoms with Crippen LogP contribution in [-0.4, -0.2) is 73.0 Å². The van der Waals surface area contributed by atoms with Crippen molar-refractivity contribution in [3.63, 3.8) is 0 Å². The highest BCUT2D eigenvalue weighted by Crippen LogP contribution is 2.19. The van der Waals surface area contributed by atoms with Gasteiger partial charge in [0.1, 0.15) is 0 Å². The normalized spacial score (nSPS) is 17.3. The molecule has 0 unspecified atom stereocenters. The summed E-state index contributed by atoms with van der Waals surface area (Å²) < 4.78 is 0. The number of anilines is 1. The van der Waals surface area contributed by atoms with Gasteiger partial charge >= 0.3 is 6.03 Å². The molecule has 1 aromatic carbocycles.